The topological polar surface area (TPSA) is 65.5 Å². The first-order valence-electron chi connectivity index (χ1n) is 9.61. The molecule has 0 atom stereocenters. The second-order valence-electron chi connectivity index (χ2n) is 7.10. The highest BCUT2D eigenvalue weighted by molar-refractivity contribution is 5.89. The predicted molar refractivity (Wildman–Crippen MR) is 106 cm³/mol. The van der Waals surface area contributed by atoms with Gasteiger partial charge in [0.15, 0.2) is 0 Å². The third-order valence-electron chi connectivity index (χ3n) is 5.16. The Labute approximate surface area is 168 Å². The van der Waals surface area contributed by atoms with Crippen molar-refractivity contribution in [2.45, 2.75) is 32.2 Å². The second-order valence-corrected chi connectivity index (χ2v) is 7.10. The van der Waals surface area contributed by atoms with E-state index >= 15 is 0 Å². The van der Waals surface area contributed by atoms with Crippen LogP contribution in [0.5, 0.6) is 0 Å². The summed E-state index contributed by atoms with van der Waals surface area (Å²) in [6.07, 6.45) is 3.41. The van der Waals surface area contributed by atoms with E-state index in [1.807, 2.05) is 11.8 Å². The van der Waals surface area contributed by atoms with Gasteiger partial charge < -0.3 is 15.1 Å². The van der Waals surface area contributed by atoms with Crippen molar-refractivity contribution in [1.82, 2.24) is 14.8 Å². The second kappa shape index (κ2) is 8.98. The number of urea groups is 1. The number of amides is 3. The van der Waals surface area contributed by atoms with Crippen LogP contribution in [0.25, 0.3) is 11.3 Å². The van der Waals surface area contributed by atoms with Crippen molar-refractivity contribution in [3.8, 4) is 11.3 Å². The SMILES string of the molecule is CCC(=O)N1CCC(N(C)C(=O)Nc2ccc(-c3cc(F)cc(F)c3)nc2)CC1. The Kier molecular flexibility index (Phi) is 6.41. The molecule has 0 aliphatic carbocycles. The fourth-order valence-electron chi connectivity index (χ4n) is 3.44. The fraction of sp³-hybridized carbons (Fsp3) is 0.381. The summed E-state index contributed by atoms with van der Waals surface area (Å²) in [7, 11) is 1.73. The number of halogens is 2. The molecule has 154 valence electrons. The highest BCUT2D eigenvalue weighted by Crippen LogP contribution is 2.22. The van der Waals surface area contributed by atoms with Crippen LogP contribution in [0.1, 0.15) is 26.2 Å². The average Bonchev–Trinajstić information content (AvgIpc) is 2.72. The Bertz CT molecular complexity index is 860. The van der Waals surface area contributed by atoms with Crippen LogP contribution < -0.4 is 5.32 Å². The summed E-state index contributed by atoms with van der Waals surface area (Å²) >= 11 is 0. The van der Waals surface area contributed by atoms with Crippen LogP contribution in [0.4, 0.5) is 19.3 Å². The number of anilines is 1. The highest BCUT2D eigenvalue weighted by Gasteiger charge is 2.27. The summed E-state index contributed by atoms with van der Waals surface area (Å²) in [6, 6.07) is 6.23. The Balaban J connectivity index is 1.58. The van der Waals surface area contributed by atoms with Crippen LogP contribution in [0.3, 0.4) is 0 Å². The minimum Gasteiger partial charge on any atom is -0.343 e. The summed E-state index contributed by atoms with van der Waals surface area (Å²) in [5, 5.41) is 2.78. The molecule has 1 saturated heterocycles. The summed E-state index contributed by atoms with van der Waals surface area (Å²) in [4.78, 5) is 32.0. The molecule has 29 heavy (non-hydrogen) atoms. The zero-order valence-electron chi connectivity index (χ0n) is 16.5. The van der Waals surface area contributed by atoms with Gasteiger partial charge >= 0.3 is 6.03 Å². The molecule has 2 aromatic rings. The molecule has 1 aromatic carbocycles. The number of likely N-dealkylation sites (tertiary alicyclic amines) is 1. The molecule has 1 fully saturated rings. The van der Waals surface area contributed by atoms with Crippen LogP contribution >= 0.6 is 0 Å². The normalized spacial score (nSPS) is 14.6. The van der Waals surface area contributed by atoms with E-state index in [4.69, 9.17) is 0 Å². The van der Waals surface area contributed by atoms with Gasteiger partial charge in [0.05, 0.1) is 17.6 Å². The van der Waals surface area contributed by atoms with Crippen LogP contribution in [-0.2, 0) is 4.79 Å². The van der Waals surface area contributed by atoms with Crippen molar-refractivity contribution in [3.05, 3.63) is 48.2 Å². The standard InChI is InChI=1S/C21H24F2N4O2/c1-3-20(28)27-8-6-18(7-9-27)26(2)21(29)25-17-4-5-19(24-13-17)14-10-15(22)12-16(23)11-14/h4-5,10-13,18H,3,6-9H2,1-2H3,(H,25,29). The first kappa shape index (κ1) is 20.7. The maximum absolute atomic E-state index is 13.4. The van der Waals surface area contributed by atoms with E-state index in [1.165, 1.54) is 18.3 Å². The van der Waals surface area contributed by atoms with Gasteiger partial charge in [0, 0.05) is 44.2 Å². The van der Waals surface area contributed by atoms with Gasteiger partial charge in [0.1, 0.15) is 11.6 Å². The molecular weight excluding hydrogens is 378 g/mol. The molecule has 6 nitrogen and oxygen atoms in total. The van der Waals surface area contributed by atoms with Gasteiger partial charge in [-0.1, -0.05) is 6.92 Å². The van der Waals surface area contributed by atoms with Gasteiger partial charge in [0.2, 0.25) is 5.91 Å². The quantitative estimate of drug-likeness (QED) is 0.844. The van der Waals surface area contributed by atoms with Gasteiger partial charge in [-0.15, -0.1) is 0 Å². The van der Waals surface area contributed by atoms with Gasteiger partial charge in [-0.05, 0) is 37.1 Å². The molecule has 3 rings (SSSR count). The number of piperidine rings is 1. The lowest BCUT2D eigenvalue weighted by molar-refractivity contribution is -0.132. The lowest BCUT2D eigenvalue weighted by Gasteiger charge is -2.36. The van der Waals surface area contributed by atoms with E-state index in [0.29, 0.717) is 36.5 Å². The Morgan fingerprint density at radius 3 is 2.38 bits per heavy atom. The zero-order valence-corrected chi connectivity index (χ0v) is 16.5. The summed E-state index contributed by atoms with van der Waals surface area (Å²) in [5.74, 6) is -1.21. The van der Waals surface area contributed by atoms with E-state index in [-0.39, 0.29) is 18.0 Å². The number of carbonyl (C=O) groups is 2. The van der Waals surface area contributed by atoms with Crippen LogP contribution in [0.2, 0.25) is 0 Å². The lowest BCUT2D eigenvalue weighted by Crippen LogP contribution is -2.48. The number of carbonyl (C=O) groups excluding carboxylic acids is 2. The Morgan fingerprint density at radius 1 is 1.17 bits per heavy atom. The van der Waals surface area contributed by atoms with Crippen molar-refractivity contribution < 1.29 is 18.4 Å². The molecule has 8 heteroatoms. The number of rotatable bonds is 4. The number of nitrogens with one attached hydrogen (secondary N) is 1. The summed E-state index contributed by atoms with van der Waals surface area (Å²) in [5.41, 5.74) is 1.22. The predicted octanol–water partition coefficient (Wildman–Crippen LogP) is 3.89. The molecule has 0 bridgehead atoms. The van der Waals surface area contributed by atoms with Crippen molar-refractivity contribution in [1.29, 1.82) is 0 Å². The number of nitrogens with zero attached hydrogens (tertiary/aromatic N) is 3. The maximum Gasteiger partial charge on any atom is 0.321 e. The minimum atomic E-state index is -0.674. The first-order chi connectivity index (χ1) is 13.9. The largest absolute Gasteiger partial charge is 0.343 e. The van der Waals surface area contributed by atoms with Crippen molar-refractivity contribution in [3.63, 3.8) is 0 Å². The number of hydrogen-bond acceptors (Lipinski definition) is 3. The molecular formula is C21H24F2N4O2. The van der Waals surface area contributed by atoms with Crippen molar-refractivity contribution >= 4 is 17.6 Å². The monoisotopic (exact) mass is 402 g/mol. The van der Waals surface area contributed by atoms with E-state index in [1.54, 1.807) is 24.1 Å². The van der Waals surface area contributed by atoms with Crippen LogP contribution in [0.15, 0.2) is 36.5 Å². The molecule has 3 amide bonds. The lowest BCUT2D eigenvalue weighted by atomic mass is 10.0. The minimum absolute atomic E-state index is 0.0541. The number of benzene rings is 1. The molecule has 1 aliphatic rings. The maximum atomic E-state index is 13.4. The van der Waals surface area contributed by atoms with Gasteiger partial charge in [-0.25, -0.2) is 13.6 Å². The fourth-order valence-corrected chi connectivity index (χ4v) is 3.44. The van der Waals surface area contributed by atoms with Gasteiger partial charge in [-0.2, -0.15) is 0 Å². The summed E-state index contributed by atoms with van der Waals surface area (Å²) in [6.45, 7) is 3.14. The van der Waals surface area contributed by atoms with E-state index in [9.17, 15) is 18.4 Å². The van der Waals surface area contributed by atoms with Crippen LogP contribution in [-0.4, -0.2) is 52.9 Å². The number of aromatic nitrogens is 1. The third kappa shape index (κ3) is 5.07. The smallest absolute Gasteiger partial charge is 0.321 e. The van der Waals surface area contributed by atoms with Gasteiger partial charge in [-0.3, -0.25) is 9.78 Å². The van der Waals surface area contributed by atoms with E-state index in [2.05, 4.69) is 10.3 Å². The molecule has 0 spiro atoms. The molecule has 0 radical (unpaired) electrons. The third-order valence-corrected chi connectivity index (χ3v) is 5.16. The molecule has 1 N–H and O–H groups in total. The van der Waals surface area contributed by atoms with E-state index < -0.39 is 11.6 Å². The number of hydrogen-bond donors (Lipinski definition) is 1. The molecule has 1 aliphatic heterocycles. The van der Waals surface area contributed by atoms with Gasteiger partial charge in [0.25, 0.3) is 0 Å². The van der Waals surface area contributed by atoms with Crippen molar-refractivity contribution in [2.24, 2.45) is 0 Å². The molecule has 0 saturated carbocycles. The molecule has 0 unspecified atom stereocenters. The zero-order chi connectivity index (χ0) is 21.0. The highest BCUT2D eigenvalue weighted by atomic mass is 19.1. The molecule has 1 aromatic heterocycles. The van der Waals surface area contributed by atoms with Crippen LogP contribution in [0, 0.1) is 11.6 Å². The van der Waals surface area contributed by atoms with E-state index in [0.717, 1.165) is 18.9 Å². The van der Waals surface area contributed by atoms with Crippen molar-refractivity contribution in [2.75, 3.05) is 25.5 Å². The Morgan fingerprint density at radius 2 is 1.83 bits per heavy atom. The average molecular weight is 402 g/mol. The number of pyridine rings is 1. The summed E-state index contributed by atoms with van der Waals surface area (Å²) < 4.78 is 26.7. The Hall–Kier alpha value is -3.03. The first-order valence-corrected chi connectivity index (χ1v) is 9.61. The molecule has 2 heterocycles.